The van der Waals surface area contributed by atoms with E-state index in [1.54, 1.807) is 7.11 Å². The number of hydrogen-bond donors (Lipinski definition) is 0. The number of aryl methyl sites for hydroxylation is 1. The van der Waals surface area contributed by atoms with Gasteiger partial charge in [0.15, 0.2) is 5.78 Å². The highest BCUT2D eigenvalue weighted by atomic mass is 16.5. The van der Waals surface area contributed by atoms with Gasteiger partial charge in [-0.1, -0.05) is 0 Å². The van der Waals surface area contributed by atoms with Crippen LogP contribution >= 0.6 is 0 Å². The van der Waals surface area contributed by atoms with Crippen LogP contribution < -0.4 is 4.74 Å². The third kappa shape index (κ3) is 1.70. The summed E-state index contributed by atoms with van der Waals surface area (Å²) >= 11 is 0. The predicted molar refractivity (Wildman–Crippen MR) is 71.4 cm³/mol. The molecule has 4 heteroatoms. The first-order chi connectivity index (χ1) is 9.26. The quantitative estimate of drug-likeness (QED) is 0.828. The monoisotopic (exact) mass is 254 g/mol. The maximum atomic E-state index is 12.1. The fraction of sp³-hybridized carbons (Fsp3) is 0.333. The van der Waals surface area contributed by atoms with E-state index in [-0.39, 0.29) is 12.3 Å². The molecule has 0 spiro atoms. The summed E-state index contributed by atoms with van der Waals surface area (Å²) < 4.78 is 7.09. The molecule has 0 fully saturated rings. The molecule has 0 saturated carbocycles. The fourth-order valence-corrected chi connectivity index (χ4v) is 2.88. The Hall–Kier alpha value is -2.28. The lowest BCUT2D eigenvalue weighted by Gasteiger charge is -2.12. The molecule has 0 aliphatic heterocycles. The van der Waals surface area contributed by atoms with E-state index < -0.39 is 0 Å². The first-order valence-corrected chi connectivity index (χ1v) is 6.35. The van der Waals surface area contributed by atoms with Crippen molar-refractivity contribution in [3.05, 3.63) is 29.5 Å². The normalized spacial score (nSPS) is 14.2. The van der Waals surface area contributed by atoms with Crippen LogP contribution in [-0.2, 0) is 13.0 Å². The van der Waals surface area contributed by atoms with Gasteiger partial charge in [-0.05, 0) is 36.6 Å². The van der Waals surface area contributed by atoms with Gasteiger partial charge in [-0.15, -0.1) is 0 Å². The van der Waals surface area contributed by atoms with Crippen molar-refractivity contribution in [3.63, 3.8) is 0 Å². The number of aromatic nitrogens is 1. The van der Waals surface area contributed by atoms with Gasteiger partial charge in [0, 0.05) is 11.8 Å². The molecule has 1 heterocycles. The molecule has 1 aromatic heterocycles. The van der Waals surface area contributed by atoms with Crippen molar-refractivity contribution in [2.24, 2.45) is 0 Å². The molecular weight excluding hydrogens is 240 g/mol. The van der Waals surface area contributed by atoms with Crippen molar-refractivity contribution in [2.45, 2.75) is 25.8 Å². The van der Waals surface area contributed by atoms with Crippen LogP contribution in [0.1, 0.15) is 28.9 Å². The molecule has 0 radical (unpaired) electrons. The molecule has 0 saturated heterocycles. The SMILES string of the molecule is COc1ccc2c(c1)c1c(n2CC#N)C(=O)CCC1. The maximum Gasteiger partial charge on any atom is 0.179 e. The zero-order chi connectivity index (χ0) is 13.4. The number of carbonyl (C=O) groups is 1. The van der Waals surface area contributed by atoms with Gasteiger partial charge in [-0.25, -0.2) is 0 Å². The van der Waals surface area contributed by atoms with Gasteiger partial charge in [0.25, 0.3) is 0 Å². The third-order valence-electron chi connectivity index (χ3n) is 3.70. The highest BCUT2D eigenvalue weighted by molar-refractivity contribution is 6.04. The molecule has 19 heavy (non-hydrogen) atoms. The smallest absolute Gasteiger partial charge is 0.179 e. The Morgan fingerprint density at radius 1 is 1.42 bits per heavy atom. The van der Waals surface area contributed by atoms with E-state index in [0.717, 1.165) is 40.8 Å². The van der Waals surface area contributed by atoms with Gasteiger partial charge in [0.05, 0.1) is 24.4 Å². The number of rotatable bonds is 2. The highest BCUT2D eigenvalue weighted by Crippen LogP contribution is 2.34. The second-order valence-electron chi connectivity index (χ2n) is 4.73. The largest absolute Gasteiger partial charge is 0.497 e. The molecule has 0 amide bonds. The molecule has 0 bridgehead atoms. The van der Waals surface area contributed by atoms with E-state index >= 15 is 0 Å². The molecule has 1 aliphatic rings. The van der Waals surface area contributed by atoms with Gasteiger partial charge in [0.1, 0.15) is 12.3 Å². The Kier molecular flexibility index (Phi) is 2.75. The summed E-state index contributed by atoms with van der Waals surface area (Å²) in [5, 5.41) is 10.0. The Morgan fingerprint density at radius 2 is 2.26 bits per heavy atom. The summed E-state index contributed by atoms with van der Waals surface area (Å²) in [4.78, 5) is 12.1. The van der Waals surface area contributed by atoms with Crippen LogP contribution in [-0.4, -0.2) is 17.5 Å². The zero-order valence-corrected chi connectivity index (χ0v) is 10.8. The summed E-state index contributed by atoms with van der Waals surface area (Å²) in [6, 6.07) is 7.89. The fourth-order valence-electron chi connectivity index (χ4n) is 2.88. The number of nitrogens with zero attached hydrogens (tertiary/aromatic N) is 2. The maximum absolute atomic E-state index is 12.1. The molecule has 0 unspecified atom stereocenters. The minimum atomic E-state index is 0.145. The summed E-state index contributed by atoms with van der Waals surface area (Å²) in [5.74, 6) is 0.925. The lowest BCUT2D eigenvalue weighted by atomic mass is 9.94. The standard InChI is InChI=1S/C15H14N2O2/c1-19-10-5-6-13-12(9-10)11-3-2-4-14(18)15(11)17(13)8-7-16/h5-6,9H,2-4,8H2,1H3. The highest BCUT2D eigenvalue weighted by Gasteiger charge is 2.25. The lowest BCUT2D eigenvalue weighted by Crippen LogP contribution is -2.15. The van der Waals surface area contributed by atoms with Crippen molar-refractivity contribution in [1.29, 1.82) is 5.26 Å². The van der Waals surface area contributed by atoms with Crippen molar-refractivity contribution in [1.82, 2.24) is 4.57 Å². The van der Waals surface area contributed by atoms with E-state index in [1.165, 1.54) is 0 Å². The summed E-state index contributed by atoms with van der Waals surface area (Å²) in [6.45, 7) is 0.212. The van der Waals surface area contributed by atoms with Crippen molar-refractivity contribution >= 4 is 16.7 Å². The van der Waals surface area contributed by atoms with Crippen molar-refractivity contribution in [2.75, 3.05) is 7.11 Å². The van der Waals surface area contributed by atoms with E-state index in [4.69, 9.17) is 10.00 Å². The molecule has 1 aliphatic carbocycles. The zero-order valence-electron chi connectivity index (χ0n) is 10.8. The summed E-state index contributed by atoms with van der Waals surface area (Å²) in [7, 11) is 1.63. The van der Waals surface area contributed by atoms with Crippen LogP contribution in [0, 0.1) is 11.3 Å². The minimum absolute atomic E-state index is 0.145. The Morgan fingerprint density at radius 3 is 3.00 bits per heavy atom. The number of methoxy groups -OCH3 is 1. The van der Waals surface area contributed by atoms with Gasteiger partial charge < -0.3 is 9.30 Å². The minimum Gasteiger partial charge on any atom is -0.497 e. The predicted octanol–water partition coefficient (Wildman–Crippen LogP) is 2.69. The van der Waals surface area contributed by atoms with Crippen LogP contribution in [0.5, 0.6) is 5.75 Å². The number of ketones is 1. The average molecular weight is 254 g/mol. The van der Waals surface area contributed by atoms with Gasteiger partial charge in [-0.3, -0.25) is 4.79 Å². The number of fused-ring (bicyclic) bond motifs is 3. The summed E-state index contributed by atoms with van der Waals surface area (Å²) in [5.41, 5.74) is 2.74. The lowest BCUT2D eigenvalue weighted by molar-refractivity contribution is 0.0964. The molecule has 3 rings (SSSR count). The van der Waals surface area contributed by atoms with Crippen LogP contribution in [0.3, 0.4) is 0 Å². The molecule has 4 nitrogen and oxygen atoms in total. The third-order valence-corrected chi connectivity index (χ3v) is 3.70. The molecule has 96 valence electrons. The Bertz CT molecular complexity index is 707. The number of hydrogen-bond acceptors (Lipinski definition) is 3. The van der Waals surface area contributed by atoms with Gasteiger partial charge in [0.2, 0.25) is 0 Å². The number of benzene rings is 1. The van der Waals surface area contributed by atoms with Crippen LogP contribution in [0.15, 0.2) is 18.2 Å². The molecule has 2 aromatic rings. The number of ether oxygens (including phenoxy) is 1. The second kappa shape index (κ2) is 4.43. The first-order valence-electron chi connectivity index (χ1n) is 6.35. The van der Waals surface area contributed by atoms with E-state index in [1.807, 2.05) is 22.8 Å². The van der Waals surface area contributed by atoms with Crippen LogP contribution in [0.4, 0.5) is 0 Å². The van der Waals surface area contributed by atoms with Crippen LogP contribution in [0.25, 0.3) is 10.9 Å². The van der Waals surface area contributed by atoms with E-state index in [2.05, 4.69) is 6.07 Å². The number of nitriles is 1. The molecule has 0 N–H and O–H groups in total. The molecule has 1 aromatic carbocycles. The Labute approximate surface area is 111 Å². The molecule has 0 atom stereocenters. The van der Waals surface area contributed by atoms with E-state index in [0.29, 0.717) is 6.42 Å². The van der Waals surface area contributed by atoms with Crippen molar-refractivity contribution in [3.8, 4) is 11.8 Å². The average Bonchev–Trinajstić information content (AvgIpc) is 2.75. The molecular formula is C15H14N2O2. The van der Waals surface area contributed by atoms with Crippen molar-refractivity contribution < 1.29 is 9.53 Å². The van der Waals surface area contributed by atoms with Gasteiger partial charge in [-0.2, -0.15) is 5.26 Å². The first kappa shape index (κ1) is 11.8. The number of carbonyl (C=O) groups excluding carboxylic acids is 1. The topological polar surface area (TPSA) is 55.0 Å². The van der Waals surface area contributed by atoms with E-state index in [9.17, 15) is 4.79 Å². The van der Waals surface area contributed by atoms with Crippen LogP contribution in [0.2, 0.25) is 0 Å². The Balaban J connectivity index is 2.35. The number of Topliss-reactive ketones (excluding diaryl/α,β-unsaturated/α-hetero) is 1. The van der Waals surface area contributed by atoms with Gasteiger partial charge >= 0.3 is 0 Å². The second-order valence-corrected chi connectivity index (χ2v) is 4.73. The summed E-state index contributed by atoms with van der Waals surface area (Å²) in [6.07, 6.45) is 2.35.